The molecule has 1 aromatic rings. The molecule has 1 saturated heterocycles. The van der Waals surface area contributed by atoms with Crippen LogP contribution >= 0.6 is 0 Å². The van der Waals surface area contributed by atoms with Crippen LogP contribution in [0.2, 0.25) is 0 Å². The van der Waals surface area contributed by atoms with E-state index in [1.165, 1.54) is 19.8 Å². The van der Waals surface area contributed by atoms with E-state index in [1.807, 2.05) is 6.07 Å². The van der Waals surface area contributed by atoms with Gasteiger partial charge in [0.05, 0.1) is 11.9 Å². The van der Waals surface area contributed by atoms with Crippen LogP contribution in [0.25, 0.3) is 0 Å². The van der Waals surface area contributed by atoms with Crippen molar-refractivity contribution in [3.63, 3.8) is 0 Å². The summed E-state index contributed by atoms with van der Waals surface area (Å²) in [4.78, 5) is 18.3. The number of amides is 1. The van der Waals surface area contributed by atoms with Crippen molar-refractivity contribution in [2.45, 2.75) is 25.0 Å². The fourth-order valence-corrected chi connectivity index (χ4v) is 2.48. The highest BCUT2D eigenvalue weighted by Crippen LogP contribution is 2.19. The fraction of sp³-hybridized carbons (Fsp3) is 0.538. The summed E-state index contributed by atoms with van der Waals surface area (Å²) in [5.41, 5.74) is 0.508. The van der Waals surface area contributed by atoms with Gasteiger partial charge in [-0.15, -0.1) is 0 Å². The van der Waals surface area contributed by atoms with E-state index in [1.54, 1.807) is 12.3 Å². The number of carbonyl (C=O) groups is 1. The molecule has 1 aliphatic heterocycles. The van der Waals surface area contributed by atoms with E-state index in [2.05, 4.69) is 15.2 Å². The maximum atomic E-state index is 11.8. The van der Waals surface area contributed by atoms with Crippen molar-refractivity contribution >= 4 is 27.2 Å². The second-order valence-corrected chi connectivity index (χ2v) is 7.43. The molecule has 0 aromatic carbocycles. The molecule has 110 valence electrons. The number of nitrogens with one attached hydrogen (secondary N) is 1. The highest BCUT2D eigenvalue weighted by atomic mass is 32.2. The van der Waals surface area contributed by atoms with Gasteiger partial charge >= 0.3 is 0 Å². The van der Waals surface area contributed by atoms with Gasteiger partial charge in [-0.2, -0.15) is 0 Å². The standard InChI is InChI=1S/C13H19N3O3S/c1-10(20(2,18)19)13(17)15-11-5-6-12(14-9-11)16-7-3-4-8-16/h5-6,9-10H,3-4,7-8H2,1-2H3,(H,15,17)/t10-/m0/s1. The minimum absolute atomic E-state index is 0.508. The molecule has 20 heavy (non-hydrogen) atoms. The SMILES string of the molecule is C[C@@H](C(=O)Nc1ccc(N2CCCC2)nc1)S(C)(=O)=O. The average molecular weight is 297 g/mol. The minimum Gasteiger partial charge on any atom is -0.357 e. The maximum absolute atomic E-state index is 11.8. The van der Waals surface area contributed by atoms with E-state index >= 15 is 0 Å². The van der Waals surface area contributed by atoms with Crippen LogP contribution in [-0.2, 0) is 14.6 Å². The summed E-state index contributed by atoms with van der Waals surface area (Å²) < 4.78 is 22.6. The molecular formula is C13H19N3O3S. The zero-order valence-corrected chi connectivity index (χ0v) is 12.5. The lowest BCUT2D eigenvalue weighted by atomic mass is 10.3. The molecule has 1 atom stereocenters. The molecule has 1 aliphatic rings. The highest BCUT2D eigenvalue weighted by Gasteiger charge is 2.23. The third-order valence-corrected chi connectivity index (χ3v) is 4.96. The number of nitrogens with zero attached hydrogens (tertiary/aromatic N) is 2. The number of rotatable bonds is 4. The van der Waals surface area contributed by atoms with Crippen molar-refractivity contribution in [3.8, 4) is 0 Å². The number of aromatic nitrogens is 1. The third-order valence-electron chi connectivity index (χ3n) is 3.46. The van der Waals surface area contributed by atoms with E-state index in [-0.39, 0.29) is 0 Å². The number of hydrogen-bond acceptors (Lipinski definition) is 5. The van der Waals surface area contributed by atoms with Crippen LogP contribution in [0.4, 0.5) is 11.5 Å². The Balaban J connectivity index is 2.02. The van der Waals surface area contributed by atoms with Crippen LogP contribution in [0.1, 0.15) is 19.8 Å². The van der Waals surface area contributed by atoms with Gasteiger partial charge in [-0.3, -0.25) is 4.79 Å². The van der Waals surface area contributed by atoms with Crippen LogP contribution in [-0.4, -0.2) is 43.9 Å². The van der Waals surface area contributed by atoms with Crippen molar-refractivity contribution in [2.24, 2.45) is 0 Å². The highest BCUT2D eigenvalue weighted by molar-refractivity contribution is 7.92. The zero-order valence-electron chi connectivity index (χ0n) is 11.7. The van der Waals surface area contributed by atoms with Crippen molar-refractivity contribution in [1.29, 1.82) is 0 Å². The Kier molecular flexibility index (Phi) is 4.27. The first kappa shape index (κ1) is 14.8. The number of pyridine rings is 1. The van der Waals surface area contributed by atoms with Crippen LogP contribution in [0.5, 0.6) is 0 Å². The molecule has 6 nitrogen and oxygen atoms in total. The summed E-state index contributed by atoms with van der Waals surface area (Å²) in [6, 6.07) is 3.58. The topological polar surface area (TPSA) is 79.4 Å². The van der Waals surface area contributed by atoms with Gasteiger partial charge in [-0.25, -0.2) is 13.4 Å². The first-order chi connectivity index (χ1) is 9.38. The van der Waals surface area contributed by atoms with Gasteiger partial charge < -0.3 is 10.2 Å². The Morgan fingerprint density at radius 2 is 2.00 bits per heavy atom. The van der Waals surface area contributed by atoms with Gasteiger partial charge in [-0.05, 0) is 31.9 Å². The largest absolute Gasteiger partial charge is 0.357 e. The molecule has 0 radical (unpaired) electrons. The van der Waals surface area contributed by atoms with Gasteiger partial charge in [0.25, 0.3) is 0 Å². The Morgan fingerprint density at radius 1 is 1.35 bits per heavy atom. The molecule has 7 heteroatoms. The zero-order chi connectivity index (χ0) is 14.8. The maximum Gasteiger partial charge on any atom is 0.242 e. The van der Waals surface area contributed by atoms with Gasteiger partial charge in [0, 0.05) is 19.3 Å². The molecule has 1 aromatic heterocycles. The summed E-state index contributed by atoms with van der Waals surface area (Å²) in [7, 11) is -3.38. The number of carbonyl (C=O) groups excluding carboxylic acids is 1. The molecule has 0 spiro atoms. The summed E-state index contributed by atoms with van der Waals surface area (Å²) in [6.45, 7) is 3.38. The molecule has 0 saturated carbocycles. The van der Waals surface area contributed by atoms with Crippen LogP contribution < -0.4 is 10.2 Å². The Labute approximate surface area is 119 Å². The van der Waals surface area contributed by atoms with Crippen molar-refractivity contribution < 1.29 is 13.2 Å². The second kappa shape index (κ2) is 5.78. The molecule has 1 fully saturated rings. The first-order valence-electron chi connectivity index (χ1n) is 6.58. The Bertz CT molecular complexity index is 577. The monoisotopic (exact) mass is 297 g/mol. The van der Waals surface area contributed by atoms with Gasteiger partial charge in [0.2, 0.25) is 5.91 Å². The number of hydrogen-bond donors (Lipinski definition) is 1. The number of anilines is 2. The van der Waals surface area contributed by atoms with E-state index in [9.17, 15) is 13.2 Å². The molecular weight excluding hydrogens is 278 g/mol. The predicted octanol–water partition coefficient (Wildman–Crippen LogP) is 1.05. The van der Waals surface area contributed by atoms with Crippen LogP contribution in [0.15, 0.2) is 18.3 Å². The average Bonchev–Trinajstić information content (AvgIpc) is 2.91. The lowest BCUT2D eigenvalue weighted by Gasteiger charge is -2.16. The fourth-order valence-electron chi connectivity index (χ4n) is 2.03. The lowest BCUT2D eigenvalue weighted by Crippen LogP contribution is -2.31. The third kappa shape index (κ3) is 3.47. The molecule has 1 N–H and O–H groups in total. The van der Waals surface area contributed by atoms with Crippen LogP contribution in [0, 0.1) is 0 Å². The first-order valence-corrected chi connectivity index (χ1v) is 8.54. The molecule has 2 heterocycles. The predicted molar refractivity (Wildman–Crippen MR) is 78.6 cm³/mol. The quantitative estimate of drug-likeness (QED) is 0.898. The van der Waals surface area contributed by atoms with Crippen LogP contribution in [0.3, 0.4) is 0 Å². The Morgan fingerprint density at radius 3 is 2.50 bits per heavy atom. The molecule has 1 amide bonds. The molecule has 0 bridgehead atoms. The minimum atomic E-state index is -3.38. The Hall–Kier alpha value is -1.63. The van der Waals surface area contributed by atoms with E-state index in [0.29, 0.717) is 5.69 Å². The van der Waals surface area contributed by atoms with Crippen molar-refractivity contribution in [2.75, 3.05) is 29.6 Å². The molecule has 0 unspecified atom stereocenters. The number of sulfone groups is 1. The van der Waals surface area contributed by atoms with E-state index in [4.69, 9.17) is 0 Å². The summed E-state index contributed by atoms with van der Waals surface area (Å²) in [5, 5.41) is 1.50. The van der Waals surface area contributed by atoms with Gasteiger partial charge in [0.15, 0.2) is 9.84 Å². The molecule has 2 rings (SSSR count). The second-order valence-electron chi connectivity index (χ2n) is 5.06. The lowest BCUT2D eigenvalue weighted by molar-refractivity contribution is -0.115. The van der Waals surface area contributed by atoms with Gasteiger partial charge in [-0.1, -0.05) is 0 Å². The van der Waals surface area contributed by atoms with Gasteiger partial charge in [0.1, 0.15) is 11.1 Å². The summed E-state index contributed by atoms with van der Waals surface area (Å²) in [6.07, 6.45) is 4.95. The summed E-state index contributed by atoms with van der Waals surface area (Å²) in [5.74, 6) is 0.347. The normalized spacial score (nSPS) is 17.0. The van der Waals surface area contributed by atoms with E-state index < -0.39 is 21.0 Å². The smallest absolute Gasteiger partial charge is 0.242 e. The van der Waals surface area contributed by atoms with Crippen molar-refractivity contribution in [1.82, 2.24) is 4.98 Å². The molecule has 0 aliphatic carbocycles. The summed E-state index contributed by atoms with van der Waals surface area (Å²) >= 11 is 0. The van der Waals surface area contributed by atoms with Crippen molar-refractivity contribution in [3.05, 3.63) is 18.3 Å². The van der Waals surface area contributed by atoms with E-state index in [0.717, 1.165) is 25.2 Å².